The predicted octanol–water partition coefficient (Wildman–Crippen LogP) is 13.2. The van der Waals surface area contributed by atoms with Crippen LogP contribution in [-0.2, 0) is 23.9 Å². The second-order valence-electron chi connectivity index (χ2n) is 15.8. The van der Waals surface area contributed by atoms with Crippen molar-refractivity contribution in [1.82, 2.24) is 10.2 Å². The summed E-state index contributed by atoms with van der Waals surface area (Å²) >= 11 is 0. The number of carbonyl (C=O) groups excluding carboxylic acids is 3. The highest BCUT2D eigenvalue weighted by Crippen LogP contribution is 2.18. The van der Waals surface area contributed by atoms with Crippen molar-refractivity contribution in [3.05, 3.63) is 0 Å². The van der Waals surface area contributed by atoms with Gasteiger partial charge >= 0.3 is 11.9 Å². The van der Waals surface area contributed by atoms with Gasteiger partial charge in [-0.15, -0.1) is 0 Å². The van der Waals surface area contributed by atoms with E-state index in [9.17, 15) is 14.4 Å². The van der Waals surface area contributed by atoms with E-state index < -0.39 is 0 Å². The standard InChI is InChI=1S/C46H90N2O5/c1-5-9-12-15-18-27-34-41-52-45(50)37-30-23-19-25-32-39-48(42-47-44(49)8-4)40-33-26-20-24-31-38-46(51)53-43(35-28-21-16-13-10-6-2)36-29-22-17-14-11-7-3/h43H,5-42H2,1-4H3,(H,47,49). The molecule has 0 aliphatic carbocycles. The van der Waals surface area contributed by atoms with E-state index in [1.165, 1.54) is 109 Å². The summed E-state index contributed by atoms with van der Waals surface area (Å²) in [4.78, 5) is 39.1. The lowest BCUT2D eigenvalue weighted by Gasteiger charge is -2.22. The molecular weight excluding hydrogens is 661 g/mol. The van der Waals surface area contributed by atoms with Crippen LogP contribution in [0.4, 0.5) is 0 Å². The number of hydrogen-bond donors (Lipinski definition) is 1. The summed E-state index contributed by atoms with van der Waals surface area (Å²) in [6.45, 7) is 11.8. The maximum absolute atomic E-state index is 12.8. The first-order valence-corrected chi connectivity index (χ1v) is 23.3. The molecule has 314 valence electrons. The molecule has 0 aliphatic heterocycles. The van der Waals surface area contributed by atoms with Gasteiger partial charge in [0.05, 0.1) is 13.3 Å². The lowest BCUT2D eigenvalue weighted by Crippen LogP contribution is -2.38. The molecule has 0 aromatic carbocycles. The molecule has 0 unspecified atom stereocenters. The molecule has 0 spiro atoms. The van der Waals surface area contributed by atoms with E-state index in [0.717, 1.165) is 103 Å². The van der Waals surface area contributed by atoms with Crippen molar-refractivity contribution in [3.8, 4) is 0 Å². The van der Waals surface area contributed by atoms with Crippen molar-refractivity contribution in [1.29, 1.82) is 0 Å². The van der Waals surface area contributed by atoms with Crippen molar-refractivity contribution >= 4 is 17.8 Å². The highest BCUT2D eigenvalue weighted by molar-refractivity contribution is 5.75. The quantitative estimate of drug-likeness (QED) is 0.0380. The van der Waals surface area contributed by atoms with Crippen LogP contribution in [0, 0.1) is 0 Å². The number of rotatable bonds is 42. The molecule has 0 heterocycles. The van der Waals surface area contributed by atoms with Crippen molar-refractivity contribution in [2.24, 2.45) is 0 Å². The minimum Gasteiger partial charge on any atom is -0.466 e. The van der Waals surface area contributed by atoms with Crippen molar-refractivity contribution in [2.45, 2.75) is 252 Å². The van der Waals surface area contributed by atoms with Crippen LogP contribution in [0.1, 0.15) is 246 Å². The zero-order chi connectivity index (χ0) is 38.9. The normalized spacial score (nSPS) is 11.4. The molecule has 0 aliphatic rings. The summed E-state index contributed by atoms with van der Waals surface area (Å²) in [6, 6.07) is 0. The first kappa shape index (κ1) is 51.4. The Bertz CT molecular complexity index is 791. The number of hydrogen-bond acceptors (Lipinski definition) is 6. The molecule has 0 rings (SSSR count). The monoisotopic (exact) mass is 751 g/mol. The van der Waals surface area contributed by atoms with Crippen LogP contribution in [0.3, 0.4) is 0 Å². The van der Waals surface area contributed by atoms with Gasteiger partial charge < -0.3 is 14.8 Å². The maximum atomic E-state index is 12.8. The molecule has 7 nitrogen and oxygen atoms in total. The molecule has 0 atom stereocenters. The van der Waals surface area contributed by atoms with Gasteiger partial charge in [-0.1, -0.05) is 169 Å². The molecule has 0 fully saturated rings. The van der Waals surface area contributed by atoms with E-state index in [0.29, 0.717) is 32.5 Å². The van der Waals surface area contributed by atoms with Crippen molar-refractivity contribution in [3.63, 3.8) is 0 Å². The van der Waals surface area contributed by atoms with Gasteiger partial charge in [0.15, 0.2) is 0 Å². The maximum Gasteiger partial charge on any atom is 0.306 e. The number of esters is 2. The zero-order valence-electron chi connectivity index (χ0n) is 35.9. The second-order valence-corrected chi connectivity index (χ2v) is 15.8. The van der Waals surface area contributed by atoms with Gasteiger partial charge in [-0.25, -0.2) is 0 Å². The molecule has 53 heavy (non-hydrogen) atoms. The second kappa shape index (κ2) is 41.5. The SMILES string of the molecule is CCCCCCCCCOC(=O)CCCCCCCN(CCCCCCCC(=O)OC(CCCCCCCC)CCCCCCCC)CNC(=O)CC. The van der Waals surface area contributed by atoms with E-state index >= 15 is 0 Å². The largest absolute Gasteiger partial charge is 0.466 e. The Hall–Kier alpha value is -1.63. The van der Waals surface area contributed by atoms with E-state index in [4.69, 9.17) is 9.47 Å². The molecule has 0 bridgehead atoms. The van der Waals surface area contributed by atoms with Crippen LogP contribution in [0.2, 0.25) is 0 Å². The predicted molar refractivity (Wildman–Crippen MR) is 225 cm³/mol. The van der Waals surface area contributed by atoms with Crippen LogP contribution in [-0.4, -0.2) is 55.2 Å². The van der Waals surface area contributed by atoms with Gasteiger partial charge in [0.1, 0.15) is 6.10 Å². The van der Waals surface area contributed by atoms with Gasteiger partial charge in [0, 0.05) is 19.3 Å². The Balaban J connectivity index is 4.19. The fourth-order valence-corrected chi connectivity index (χ4v) is 6.99. The fraction of sp³-hybridized carbons (Fsp3) is 0.935. The van der Waals surface area contributed by atoms with E-state index in [1.807, 2.05) is 6.92 Å². The minimum atomic E-state index is -0.0417. The Kier molecular flexibility index (Phi) is 40.3. The highest BCUT2D eigenvalue weighted by Gasteiger charge is 2.14. The van der Waals surface area contributed by atoms with E-state index in [-0.39, 0.29) is 23.9 Å². The first-order chi connectivity index (χ1) is 26.0. The number of ether oxygens (including phenoxy) is 2. The summed E-state index contributed by atoms with van der Waals surface area (Å²) in [5.41, 5.74) is 0. The topological polar surface area (TPSA) is 84.9 Å². The molecule has 0 aromatic heterocycles. The Labute approximate surface area is 329 Å². The zero-order valence-corrected chi connectivity index (χ0v) is 35.9. The van der Waals surface area contributed by atoms with E-state index in [2.05, 4.69) is 31.0 Å². The first-order valence-electron chi connectivity index (χ1n) is 23.3. The molecular formula is C46H90N2O5. The number of nitrogens with one attached hydrogen (secondary N) is 1. The fourth-order valence-electron chi connectivity index (χ4n) is 6.99. The van der Waals surface area contributed by atoms with Crippen LogP contribution < -0.4 is 5.32 Å². The highest BCUT2D eigenvalue weighted by atomic mass is 16.5. The van der Waals surface area contributed by atoms with Crippen LogP contribution in [0.5, 0.6) is 0 Å². The number of nitrogens with zero attached hydrogens (tertiary/aromatic N) is 1. The number of carbonyl (C=O) groups is 3. The lowest BCUT2D eigenvalue weighted by atomic mass is 10.0. The summed E-state index contributed by atoms with van der Waals surface area (Å²) in [5, 5.41) is 3.06. The number of unbranched alkanes of at least 4 members (excludes halogenated alkanes) is 24. The van der Waals surface area contributed by atoms with Gasteiger partial charge in [0.25, 0.3) is 0 Å². The third-order valence-electron chi connectivity index (χ3n) is 10.6. The van der Waals surface area contributed by atoms with Gasteiger partial charge in [-0.05, 0) is 70.9 Å². The Morgan fingerprint density at radius 1 is 0.472 bits per heavy atom. The summed E-state index contributed by atoms with van der Waals surface area (Å²) in [5.74, 6) is 0.0606. The molecule has 0 saturated carbocycles. The molecule has 7 heteroatoms. The summed E-state index contributed by atoms with van der Waals surface area (Å²) in [6.07, 6.45) is 38.4. The van der Waals surface area contributed by atoms with Crippen LogP contribution in [0.25, 0.3) is 0 Å². The summed E-state index contributed by atoms with van der Waals surface area (Å²) < 4.78 is 11.5. The van der Waals surface area contributed by atoms with Crippen molar-refractivity contribution in [2.75, 3.05) is 26.4 Å². The van der Waals surface area contributed by atoms with Crippen molar-refractivity contribution < 1.29 is 23.9 Å². The van der Waals surface area contributed by atoms with E-state index in [1.54, 1.807) is 0 Å². The van der Waals surface area contributed by atoms with Gasteiger partial charge in [0.2, 0.25) is 5.91 Å². The third-order valence-corrected chi connectivity index (χ3v) is 10.6. The molecule has 0 radical (unpaired) electrons. The summed E-state index contributed by atoms with van der Waals surface area (Å²) in [7, 11) is 0. The third kappa shape index (κ3) is 38.4. The Morgan fingerprint density at radius 2 is 0.868 bits per heavy atom. The van der Waals surface area contributed by atoms with Crippen LogP contribution in [0.15, 0.2) is 0 Å². The lowest BCUT2D eigenvalue weighted by molar-refractivity contribution is -0.150. The van der Waals surface area contributed by atoms with Crippen LogP contribution >= 0.6 is 0 Å². The molecule has 1 amide bonds. The van der Waals surface area contributed by atoms with Gasteiger partial charge in [-0.2, -0.15) is 0 Å². The average Bonchev–Trinajstić information content (AvgIpc) is 3.16. The average molecular weight is 751 g/mol. The van der Waals surface area contributed by atoms with Gasteiger partial charge in [-0.3, -0.25) is 19.3 Å². The smallest absolute Gasteiger partial charge is 0.306 e. The Morgan fingerprint density at radius 3 is 1.34 bits per heavy atom. The molecule has 1 N–H and O–H groups in total. The number of amides is 1. The molecule has 0 saturated heterocycles. The molecule has 0 aromatic rings. The minimum absolute atomic E-state index is 0.00328.